The fourth-order valence-electron chi connectivity index (χ4n) is 6.01. The number of carboxylic acids is 1. The minimum absolute atomic E-state index is 0.000807. The van der Waals surface area contributed by atoms with Crippen LogP contribution in [0.1, 0.15) is 10.5 Å². The maximum Gasteiger partial charge on any atom is 0.356 e. The van der Waals surface area contributed by atoms with Crippen molar-refractivity contribution in [3.8, 4) is 11.4 Å². The summed E-state index contributed by atoms with van der Waals surface area (Å²) in [5, 5.41) is 60.8. The second-order valence-electron chi connectivity index (χ2n) is 13.0. The van der Waals surface area contributed by atoms with Gasteiger partial charge in [0.15, 0.2) is 17.1 Å². The molecule has 1 heterocycles. The van der Waals surface area contributed by atoms with Gasteiger partial charge in [0.1, 0.15) is 16.3 Å². The van der Waals surface area contributed by atoms with Gasteiger partial charge in [0, 0.05) is 21.8 Å². The number of hydrogen-bond donors (Lipinski definition) is 8. The number of nitrogen functional groups attached to an aromatic ring is 1. The SMILES string of the molecule is Nc1ccc(N=Nc2ccc(N=Nc3c(SOOO)cc4ccc(N=Nc5c(C(=O)O)[nH]n(-c6cccc(S(=O)(=O)O)c6)c5=O)cc4c3O)c3cc(S(=O)(=O)O)ccc23)c(S(=O)(=O)O)c1. The number of aromatic nitrogens is 2. The molecule has 0 bridgehead atoms. The molecule has 29 heteroatoms. The molecule has 0 saturated heterocycles. The first-order valence-electron chi connectivity index (χ1n) is 17.4. The molecule has 0 aliphatic heterocycles. The first-order valence-corrected chi connectivity index (χ1v) is 22.5. The molecular formula is C36H25N9O16S4. The van der Waals surface area contributed by atoms with E-state index in [0.29, 0.717) is 16.7 Å². The van der Waals surface area contributed by atoms with Crippen molar-refractivity contribution in [3.05, 3.63) is 113 Å². The van der Waals surface area contributed by atoms with Crippen LogP contribution in [0.4, 0.5) is 39.8 Å². The van der Waals surface area contributed by atoms with Gasteiger partial charge in [0.2, 0.25) is 0 Å². The molecule has 1 aromatic heterocycles. The lowest BCUT2D eigenvalue weighted by molar-refractivity contribution is -0.432. The average Bonchev–Trinajstić information content (AvgIpc) is 3.59. The van der Waals surface area contributed by atoms with Gasteiger partial charge in [-0.05, 0) is 84.2 Å². The van der Waals surface area contributed by atoms with Crippen LogP contribution in [-0.2, 0) is 39.7 Å². The van der Waals surface area contributed by atoms with Gasteiger partial charge in [-0.15, -0.1) is 29.9 Å². The standard InChI is InChI=1S/C36H25N9O16S4/c37-18-5-9-28(30(13-18)65(57,58)59)41-39-26-10-11-27(25-16-22(64(54,55)56)7-8-23(25)26)40-42-31-29(62-61-60-50)12-17-4-6-19(14-24(17)34(31)46)38-43-32-33(36(48)49)44-45(35(32)47)20-2-1-3-21(15-20)63(51,52)53/h1-16,44,46,50H,37H2,(H,48,49)(H,51,52,53)(H,54,55,56)(H,57,58,59). The number of aromatic hydroxyl groups is 1. The summed E-state index contributed by atoms with van der Waals surface area (Å²) in [7, 11) is -14.3. The molecule has 0 spiro atoms. The van der Waals surface area contributed by atoms with Crippen molar-refractivity contribution in [1.82, 2.24) is 9.78 Å². The molecule has 65 heavy (non-hydrogen) atoms. The summed E-state index contributed by atoms with van der Waals surface area (Å²) in [6.45, 7) is 0. The third-order valence-corrected chi connectivity index (χ3v) is 12.1. The molecular weight excluding hydrogens is 943 g/mol. The topological polar surface area (TPSA) is 397 Å². The molecule has 6 aromatic carbocycles. The minimum atomic E-state index is -4.80. The Hall–Kier alpha value is -7.32. The van der Waals surface area contributed by atoms with Gasteiger partial charge in [0.05, 0.1) is 49.5 Å². The molecule has 334 valence electrons. The molecule has 0 aliphatic rings. The van der Waals surface area contributed by atoms with Crippen molar-refractivity contribution in [2.75, 3.05) is 5.73 Å². The van der Waals surface area contributed by atoms with Crippen LogP contribution >= 0.6 is 12.0 Å². The average molecular weight is 968 g/mol. The molecule has 9 N–H and O–H groups in total. The van der Waals surface area contributed by atoms with Crippen molar-refractivity contribution in [2.45, 2.75) is 19.6 Å². The number of benzene rings is 6. The van der Waals surface area contributed by atoms with Crippen molar-refractivity contribution >= 4 is 110 Å². The second kappa shape index (κ2) is 17.7. The molecule has 7 aromatic rings. The van der Waals surface area contributed by atoms with Crippen molar-refractivity contribution < 1.29 is 68.5 Å². The van der Waals surface area contributed by atoms with Crippen molar-refractivity contribution in [3.63, 3.8) is 0 Å². The Kier molecular flexibility index (Phi) is 12.4. The largest absolute Gasteiger partial charge is 0.505 e. The van der Waals surface area contributed by atoms with Crippen LogP contribution in [0, 0.1) is 0 Å². The highest BCUT2D eigenvalue weighted by Crippen LogP contribution is 2.46. The quantitative estimate of drug-likeness (QED) is 0.0128. The Morgan fingerprint density at radius 2 is 1.32 bits per heavy atom. The summed E-state index contributed by atoms with van der Waals surface area (Å²) >= 11 is 0.372. The summed E-state index contributed by atoms with van der Waals surface area (Å²) < 4.78 is 106. The van der Waals surface area contributed by atoms with Gasteiger partial charge in [-0.3, -0.25) is 23.6 Å². The highest BCUT2D eigenvalue weighted by Gasteiger charge is 2.23. The number of anilines is 1. The summed E-state index contributed by atoms with van der Waals surface area (Å²) in [6, 6.07) is 19.2. The van der Waals surface area contributed by atoms with Gasteiger partial charge in [0.25, 0.3) is 35.9 Å². The molecule has 0 unspecified atom stereocenters. The fraction of sp³-hybridized carbons (Fsp3) is 0. The lowest BCUT2D eigenvalue weighted by Gasteiger charge is -2.10. The Balaban J connectivity index is 1.30. The van der Waals surface area contributed by atoms with E-state index in [1.54, 1.807) is 0 Å². The number of fused-ring (bicyclic) bond motifs is 2. The van der Waals surface area contributed by atoms with E-state index in [9.17, 15) is 58.7 Å². The zero-order chi connectivity index (χ0) is 47.0. The number of carboxylic acid groups (broad SMARTS) is 1. The van der Waals surface area contributed by atoms with E-state index in [4.69, 9.17) is 11.0 Å². The third-order valence-electron chi connectivity index (χ3n) is 8.93. The molecule has 0 fully saturated rings. The molecule has 0 radical (unpaired) electrons. The Labute approximate surface area is 367 Å². The lowest BCUT2D eigenvalue weighted by atomic mass is 10.1. The van der Waals surface area contributed by atoms with Crippen LogP contribution in [0.2, 0.25) is 0 Å². The van der Waals surface area contributed by atoms with Crippen LogP contribution in [-0.4, -0.2) is 70.1 Å². The predicted molar refractivity (Wildman–Crippen MR) is 226 cm³/mol. The van der Waals surface area contributed by atoms with Gasteiger partial charge < -0.3 is 15.9 Å². The van der Waals surface area contributed by atoms with Gasteiger partial charge in [-0.25, -0.2) is 14.7 Å². The molecule has 7 rings (SSSR count). The highest BCUT2D eigenvalue weighted by atomic mass is 32.2. The zero-order valence-electron chi connectivity index (χ0n) is 31.8. The Morgan fingerprint density at radius 1 is 0.677 bits per heavy atom. The van der Waals surface area contributed by atoms with Crippen molar-refractivity contribution in [1.29, 1.82) is 0 Å². The normalized spacial score (nSPS) is 12.7. The van der Waals surface area contributed by atoms with Crippen LogP contribution in [0.3, 0.4) is 0 Å². The highest BCUT2D eigenvalue weighted by molar-refractivity contribution is 7.94. The first-order chi connectivity index (χ1) is 30.6. The maximum atomic E-state index is 13.3. The molecule has 0 atom stereocenters. The smallest absolute Gasteiger partial charge is 0.356 e. The van der Waals surface area contributed by atoms with Crippen LogP contribution in [0.15, 0.2) is 152 Å². The fourth-order valence-corrected chi connectivity index (χ4v) is 8.19. The molecule has 0 saturated carbocycles. The summed E-state index contributed by atoms with van der Waals surface area (Å²) in [4.78, 5) is 23.6. The number of azo groups is 3. The number of aromatic carboxylic acids is 1. The maximum absolute atomic E-state index is 13.3. The van der Waals surface area contributed by atoms with Crippen LogP contribution < -0.4 is 11.3 Å². The number of nitrogens with one attached hydrogen (secondary N) is 1. The second-order valence-corrected chi connectivity index (χ2v) is 18.0. The summed E-state index contributed by atoms with van der Waals surface area (Å²) in [5.41, 5.74) is 2.19. The van der Waals surface area contributed by atoms with E-state index in [2.05, 4.69) is 45.2 Å². The van der Waals surface area contributed by atoms with E-state index in [1.165, 1.54) is 66.7 Å². The number of hydrogen-bond acceptors (Lipinski definition) is 20. The zero-order valence-corrected chi connectivity index (χ0v) is 35.1. The van der Waals surface area contributed by atoms with E-state index < -0.39 is 73.7 Å². The number of nitrogens with two attached hydrogens (primary N) is 1. The number of carbonyl (C=O) groups is 1. The number of phenolic OH excluding ortho intramolecular Hbond substituents is 1. The predicted octanol–water partition coefficient (Wildman–Crippen LogP) is 7.87. The van der Waals surface area contributed by atoms with E-state index in [0.717, 1.165) is 30.3 Å². The number of H-pyrrole nitrogens is 1. The van der Waals surface area contributed by atoms with Crippen LogP contribution in [0.5, 0.6) is 5.75 Å². The van der Waals surface area contributed by atoms with E-state index >= 15 is 0 Å². The third kappa shape index (κ3) is 9.77. The number of phenols is 1. The number of nitrogens with zero attached hydrogens (tertiary/aromatic N) is 7. The monoisotopic (exact) mass is 967 g/mol. The van der Waals surface area contributed by atoms with Gasteiger partial charge >= 0.3 is 5.97 Å². The first kappa shape index (κ1) is 45.7. The Morgan fingerprint density at radius 3 is 2.00 bits per heavy atom. The van der Waals surface area contributed by atoms with E-state index in [1.807, 2.05) is 0 Å². The van der Waals surface area contributed by atoms with Gasteiger partial charge in [-0.1, -0.05) is 23.2 Å². The van der Waals surface area contributed by atoms with Gasteiger partial charge in [-0.2, -0.15) is 30.4 Å². The number of aromatic amines is 1. The minimum Gasteiger partial charge on any atom is -0.505 e. The summed E-state index contributed by atoms with van der Waals surface area (Å²) in [6.07, 6.45) is 0. The molecule has 25 nitrogen and oxygen atoms in total. The van der Waals surface area contributed by atoms with Crippen LogP contribution in [0.25, 0.3) is 27.2 Å². The molecule has 0 aliphatic carbocycles. The van der Waals surface area contributed by atoms with Crippen molar-refractivity contribution in [2.24, 2.45) is 30.7 Å². The Bertz CT molecular complexity index is 3610. The lowest BCUT2D eigenvalue weighted by Crippen LogP contribution is -2.14. The number of rotatable bonds is 14. The summed E-state index contributed by atoms with van der Waals surface area (Å²) in [5.74, 6) is -2.24. The molecule has 0 amide bonds. The van der Waals surface area contributed by atoms with E-state index in [-0.39, 0.29) is 66.3 Å².